The smallest absolute Gasteiger partial charge is 0.276 e. The molecule has 1 fully saturated rings. The molecule has 1 aliphatic heterocycles. The molecule has 0 unspecified atom stereocenters. The Hall–Kier alpha value is -3.48. The zero-order valence-electron chi connectivity index (χ0n) is 23.8. The Bertz CT molecular complexity index is 1020. The molecule has 15 nitrogen and oxygen atoms in total. The summed E-state index contributed by atoms with van der Waals surface area (Å²) in [6.45, 7) is 12.8. The number of nitrogen functional groups attached to an aromatic ring is 1. The third-order valence-corrected chi connectivity index (χ3v) is 5.54. The van der Waals surface area contributed by atoms with E-state index in [4.69, 9.17) is 40.1 Å². The van der Waals surface area contributed by atoms with E-state index in [1.54, 1.807) is 38.1 Å². The Balaban J connectivity index is 0. The van der Waals surface area contributed by atoms with E-state index >= 15 is 0 Å². The van der Waals surface area contributed by atoms with Gasteiger partial charge >= 0.3 is 0 Å². The number of aliphatic imine (C=N–C) groups is 1. The number of hydrogen-bond acceptors (Lipinski definition) is 14. The van der Waals surface area contributed by atoms with Crippen molar-refractivity contribution in [2.45, 2.75) is 39.3 Å². The monoisotopic (exact) mass is 616 g/mol. The van der Waals surface area contributed by atoms with Crippen LogP contribution in [0.1, 0.15) is 33.3 Å². The predicted molar refractivity (Wildman–Crippen MR) is 163 cm³/mol. The summed E-state index contributed by atoms with van der Waals surface area (Å²) in [6, 6.07) is 5.67. The second kappa shape index (κ2) is 22.2. The van der Waals surface area contributed by atoms with Crippen molar-refractivity contribution in [2.75, 3.05) is 26.1 Å². The van der Waals surface area contributed by atoms with Gasteiger partial charge in [0.15, 0.2) is 24.6 Å². The van der Waals surface area contributed by atoms with Crippen LogP contribution in [0.25, 0.3) is 0 Å². The highest BCUT2D eigenvalue weighted by molar-refractivity contribution is 8.02. The van der Waals surface area contributed by atoms with E-state index in [0.29, 0.717) is 11.3 Å². The lowest BCUT2D eigenvalue weighted by Gasteiger charge is -2.50. The fourth-order valence-corrected chi connectivity index (χ4v) is 3.67. The molecule has 0 spiro atoms. The number of hydroxylamine groups is 2. The zero-order valence-corrected chi connectivity index (χ0v) is 25.4. The Morgan fingerprint density at radius 2 is 1.83 bits per heavy atom. The molecule has 1 heterocycles. The van der Waals surface area contributed by atoms with Crippen LogP contribution in [0.3, 0.4) is 0 Å². The number of amidine groups is 1. The Morgan fingerprint density at radius 1 is 1.24 bits per heavy atom. The number of hydrogen-bond donors (Lipinski definition) is 6. The molecule has 1 atom stereocenters. The number of amides is 2. The van der Waals surface area contributed by atoms with Gasteiger partial charge in [-0.3, -0.25) is 20.0 Å². The Kier molecular flexibility index (Phi) is 21.5. The number of oxime groups is 1. The van der Waals surface area contributed by atoms with E-state index in [-0.39, 0.29) is 48.7 Å². The van der Waals surface area contributed by atoms with Crippen LogP contribution in [0.15, 0.2) is 45.5 Å². The molecule has 17 heteroatoms. The van der Waals surface area contributed by atoms with Gasteiger partial charge in [-0.1, -0.05) is 19.0 Å². The number of nitrogens with zero attached hydrogens (tertiary/aromatic N) is 3. The molecule has 2 rings (SSSR count). The summed E-state index contributed by atoms with van der Waals surface area (Å²) in [4.78, 5) is 42.3. The quantitative estimate of drug-likeness (QED) is 0.0331. The molecule has 0 aliphatic carbocycles. The second-order valence-corrected chi connectivity index (χ2v) is 8.60. The highest BCUT2D eigenvalue weighted by atomic mass is 32.2. The van der Waals surface area contributed by atoms with Gasteiger partial charge in [-0.15, -0.1) is 11.8 Å². The highest BCUT2D eigenvalue weighted by Crippen LogP contribution is 2.33. The fraction of sp³-hybridized carbons (Fsp3) is 0.417. The average Bonchev–Trinajstić information content (AvgIpc) is 3.00. The number of nitrogens with two attached hydrogens (primary N) is 3. The van der Waals surface area contributed by atoms with Gasteiger partial charge in [0, 0.05) is 16.8 Å². The minimum absolute atomic E-state index is 0.0110. The summed E-state index contributed by atoms with van der Waals surface area (Å²) < 4.78 is 19.2. The number of nitrogens with one attached hydrogen (secondary N) is 2. The van der Waals surface area contributed by atoms with E-state index in [2.05, 4.69) is 27.9 Å². The summed E-state index contributed by atoms with van der Waals surface area (Å²) in [5, 5.41) is 16.3. The number of carbonyl (C=O) groups is 3. The van der Waals surface area contributed by atoms with E-state index in [1.165, 1.54) is 24.2 Å². The number of ether oxygens (including phenoxy) is 1. The van der Waals surface area contributed by atoms with Gasteiger partial charge in [0.1, 0.15) is 36.7 Å². The van der Waals surface area contributed by atoms with Gasteiger partial charge in [0.2, 0.25) is 0 Å². The topological polar surface area (TPSA) is 241 Å². The third-order valence-electron chi connectivity index (χ3n) is 4.74. The standard InChI is InChI=1S/C20H27N7O6S2.C2H6.CH5N.CH2O/c1-20(2)16(19(29)27(20)33-35-30)25-18(28)15(14(24-3)10-34-11-21)26-32-9-8-31-13-6-4-12(5-7-13)17(22)23;3*1-2/h4-7,10,16,30H,3,8-9,11,21H2,1-2H3,(H3,22,23)(H,25,28);1-2H3;2H2,1H3;1H2/b14-10-,26-15-;;;/t16-;;;/m1.../s1. The second-order valence-electron chi connectivity index (χ2n) is 7.40. The van der Waals surface area contributed by atoms with Crippen molar-refractivity contribution in [1.82, 2.24) is 10.4 Å². The van der Waals surface area contributed by atoms with Crippen molar-refractivity contribution in [2.24, 2.45) is 27.3 Å². The summed E-state index contributed by atoms with van der Waals surface area (Å²) >= 11 is 1.20. The first-order valence-corrected chi connectivity index (χ1v) is 13.7. The SMILES string of the molecule is C=NC(=C\SCN)/C(=N/OCCOc1ccc(C(=N)N)cc1)C(=O)N[C@@H]1C(=O)N(OSO)C1(C)C.C=O.CC.CN. The molecular weight excluding hydrogens is 576 g/mol. The Labute approximate surface area is 248 Å². The van der Waals surface area contributed by atoms with Crippen LogP contribution >= 0.6 is 24.1 Å². The molecule has 41 heavy (non-hydrogen) atoms. The molecular formula is C24H40N8O7S2. The van der Waals surface area contributed by atoms with Gasteiger partial charge in [-0.2, -0.15) is 9.35 Å². The number of rotatable bonds is 14. The largest absolute Gasteiger partial charge is 0.490 e. The van der Waals surface area contributed by atoms with Gasteiger partial charge in [0.25, 0.3) is 11.8 Å². The number of β-lactam (4-membered cyclic amide) rings is 1. The molecule has 1 aromatic carbocycles. The van der Waals surface area contributed by atoms with Crippen LogP contribution in [0, 0.1) is 5.41 Å². The predicted octanol–water partition coefficient (Wildman–Crippen LogP) is 1.49. The van der Waals surface area contributed by atoms with Gasteiger partial charge in [0.05, 0.1) is 5.54 Å². The van der Waals surface area contributed by atoms with Crippen LogP contribution < -0.4 is 27.3 Å². The van der Waals surface area contributed by atoms with Crippen molar-refractivity contribution >= 4 is 61.0 Å². The van der Waals surface area contributed by atoms with E-state index in [0.717, 1.165) is 5.06 Å². The lowest BCUT2D eigenvalue weighted by atomic mass is 9.84. The van der Waals surface area contributed by atoms with Crippen molar-refractivity contribution in [3.8, 4) is 5.75 Å². The summed E-state index contributed by atoms with van der Waals surface area (Å²) in [5.41, 5.74) is 14.9. The van der Waals surface area contributed by atoms with Crippen molar-refractivity contribution in [3.63, 3.8) is 0 Å². The fourth-order valence-electron chi connectivity index (χ4n) is 2.90. The number of carbonyl (C=O) groups excluding carboxylic acids is 3. The maximum absolute atomic E-state index is 13.0. The van der Waals surface area contributed by atoms with Crippen LogP contribution in [0.2, 0.25) is 0 Å². The summed E-state index contributed by atoms with van der Waals surface area (Å²) in [5.74, 6) is -0.573. The zero-order chi connectivity index (χ0) is 32.0. The third kappa shape index (κ3) is 12.3. The molecule has 230 valence electrons. The maximum atomic E-state index is 13.0. The lowest BCUT2D eigenvalue weighted by Crippen LogP contribution is -2.76. The van der Waals surface area contributed by atoms with E-state index in [9.17, 15) is 9.59 Å². The van der Waals surface area contributed by atoms with Gasteiger partial charge in [-0.25, -0.2) is 0 Å². The summed E-state index contributed by atoms with van der Waals surface area (Å²) in [7, 11) is 1.50. The normalized spacial score (nSPS) is 15.3. The number of thioether (sulfide) groups is 1. The van der Waals surface area contributed by atoms with Crippen molar-refractivity contribution in [3.05, 3.63) is 40.9 Å². The molecule has 0 bridgehead atoms. The molecule has 1 aromatic rings. The molecule has 1 saturated heterocycles. The van der Waals surface area contributed by atoms with Crippen LogP contribution in [-0.2, 0) is 23.5 Å². The van der Waals surface area contributed by atoms with Gasteiger partial charge < -0.3 is 41.4 Å². The summed E-state index contributed by atoms with van der Waals surface area (Å²) in [6.07, 6.45) is 0. The molecule has 9 N–H and O–H groups in total. The van der Waals surface area contributed by atoms with Gasteiger partial charge in [-0.05, 0) is 51.9 Å². The van der Waals surface area contributed by atoms with Crippen LogP contribution in [0.5, 0.6) is 5.75 Å². The van der Waals surface area contributed by atoms with Crippen molar-refractivity contribution < 1.29 is 32.8 Å². The van der Waals surface area contributed by atoms with Crippen molar-refractivity contribution in [1.29, 1.82) is 5.41 Å². The van der Waals surface area contributed by atoms with E-state index in [1.807, 2.05) is 20.6 Å². The molecule has 0 aromatic heterocycles. The number of benzene rings is 1. The minimum atomic E-state index is -0.943. The van der Waals surface area contributed by atoms with Crippen LogP contribution in [-0.4, -0.2) is 84.2 Å². The average molecular weight is 617 g/mol. The maximum Gasteiger partial charge on any atom is 0.276 e. The van der Waals surface area contributed by atoms with E-state index < -0.39 is 23.4 Å². The molecule has 2 amide bonds. The lowest BCUT2D eigenvalue weighted by molar-refractivity contribution is -0.214. The van der Waals surface area contributed by atoms with Crippen LogP contribution in [0.4, 0.5) is 0 Å². The highest BCUT2D eigenvalue weighted by Gasteiger charge is 2.57. The first-order valence-electron chi connectivity index (χ1n) is 11.9. The molecule has 0 radical (unpaired) electrons. The first kappa shape index (κ1) is 39.7. The molecule has 1 aliphatic rings. The Morgan fingerprint density at radius 3 is 2.29 bits per heavy atom. The minimum Gasteiger partial charge on any atom is -0.490 e. The first-order chi connectivity index (χ1) is 19.7. The molecule has 0 saturated carbocycles.